The molecule has 4 aliphatic carbocycles. The van der Waals surface area contributed by atoms with E-state index in [1.807, 2.05) is 0 Å². The molecule has 144 valence electrons. The maximum Gasteiger partial charge on any atom is 0.312 e. The van der Waals surface area contributed by atoms with Crippen LogP contribution < -0.4 is 5.32 Å². The van der Waals surface area contributed by atoms with Crippen molar-refractivity contribution >= 4 is 39.3 Å². The van der Waals surface area contributed by atoms with Crippen LogP contribution in [0.2, 0.25) is 0 Å². The fourth-order valence-electron chi connectivity index (χ4n) is 5.66. The molecule has 1 N–H and O–H groups in total. The Morgan fingerprint density at radius 3 is 2.30 bits per heavy atom. The number of ketones is 1. The van der Waals surface area contributed by atoms with Gasteiger partial charge in [-0.2, -0.15) is 0 Å². The van der Waals surface area contributed by atoms with Crippen molar-refractivity contribution in [3.05, 3.63) is 29.8 Å². The number of carbonyl (C=O) groups excluding carboxylic acids is 3. The lowest BCUT2D eigenvalue weighted by Gasteiger charge is -2.58. The predicted molar refractivity (Wildman–Crippen MR) is 105 cm³/mol. The lowest BCUT2D eigenvalue weighted by atomic mass is 9.49. The van der Waals surface area contributed by atoms with E-state index in [1.54, 1.807) is 24.3 Å². The van der Waals surface area contributed by atoms with E-state index in [1.165, 1.54) is 13.3 Å². The summed E-state index contributed by atoms with van der Waals surface area (Å²) in [5.74, 6) is 0.570. The molecule has 5 nitrogen and oxygen atoms in total. The van der Waals surface area contributed by atoms with Crippen LogP contribution in [0.5, 0.6) is 0 Å². The highest BCUT2D eigenvalue weighted by atomic mass is 79.9. The molecule has 0 aliphatic heterocycles. The van der Waals surface area contributed by atoms with E-state index in [4.69, 9.17) is 4.74 Å². The molecule has 2 atom stereocenters. The van der Waals surface area contributed by atoms with Gasteiger partial charge in [0.25, 0.3) is 5.91 Å². The first kappa shape index (κ1) is 18.7. The van der Waals surface area contributed by atoms with Gasteiger partial charge < -0.3 is 10.1 Å². The molecule has 4 bridgehead atoms. The Bertz CT molecular complexity index is 774. The number of benzene rings is 1. The molecule has 6 heteroatoms. The molecule has 0 unspecified atom stereocenters. The average Bonchev–Trinajstić information content (AvgIpc) is 2.58. The van der Waals surface area contributed by atoms with Crippen LogP contribution in [0, 0.1) is 17.3 Å². The van der Waals surface area contributed by atoms with Crippen LogP contribution in [-0.4, -0.2) is 28.6 Å². The minimum absolute atomic E-state index is 0.0260. The fourth-order valence-corrected chi connectivity index (χ4v) is 7.11. The number of amides is 1. The number of alkyl halides is 1. The van der Waals surface area contributed by atoms with Crippen molar-refractivity contribution in [2.45, 2.75) is 49.8 Å². The summed E-state index contributed by atoms with van der Waals surface area (Å²) in [7, 11) is 0. The molecular weight excluding hydrogens is 410 g/mol. The average molecular weight is 434 g/mol. The van der Waals surface area contributed by atoms with Crippen LogP contribution in [-0.2, 0) is 14.3 Å². The van der Waals surface area contributed by atoms with Gasteiger partial charge in [0, 0.05) is 15.6 Å². The number of esters is 1. The lowest BCUT2D eigenvalue weighted by molar-refractivity contribution is -0.170. The first-order chi connectivity index (χ1) is 12.8. The molecule has 27 heavy (non-hydrogen) atoms. The van der Waals surface area contributed by atoms with E-state index in [0.717, 1.165) is 32.1 Å². The van der Waals surface area contributed by atoms with Crippen molar-refractivity contribution in [3.63, 3.8) is 0 Å². The van der Waals surface area contributed by atoms with Gasteiger partial charge in [-0.3, -0.25) is 14.4 Å². The third-order valence-electron chi connectivity index (χ3n) is 6.33. The van der Waals surface area contributed by atoms with Crippen molar-refractivity contribution in [2.75, 3.05) is 11.9 Å². The summed E-state index contributed by atoms with van der Waals surface area (Å²) in [6, 6.07) is 6.66. The topological polar surface area (TPSA) is 72.5 Å². The summed E-state index contributed by atoms with van der Waals surface area (Å²) in [5.41, 5.74) is 0.747. The van der Waals surface area contributed by atoms with Gasteiger partial charge >= 0.3 is 5.97 Å². The largest absolute Gasteiger partial charge is 0.455 e. The van der Waals surface area contributed by atoms with Crippen LogP contribution in [0.3, 0.4) is 0 Å². The quantitative estimate of drug-likeness (QED) is 0.430. The molecule has 1 aromatic carbocycles. The highest BCUT2D eigenvalue weighted by Gasteiger charge is 2.60. The SMILES string of the molecule is CC(=O)c1ccc(NC(=O)COC(=O)C23C[C@H]4C[C@@H](CC(Br)(C4)C2)C3)cc1. The second-order valence-corrected chi connectivity index (χ2v) is 10.3. The zero-order chi connectivity index (χ0) is 19.2. The van der Waals surface area contributed by atoms with E-state index >= 15 is 0 Å². The normalized spacial score (nSPS) is 33.6. The smallest absolute Gasteiger partial charge is 0.312 e. The third kappa shape index (κ3) is 3.68. The molecule has 4 saturated carbocycles. The van der Waals surface area contributed by atoms with E-state index in [2.05, 4.69) is 21.2 Å². The summed E-state index contributed by atoms with van der Waals surface area (Å²) in [4.78, 5) is 36.3. The number of anilines is 1. The Kier molecular flexibility index (Phi) is 4.65. The summed E-state index contributed by atoms with van der Waals surface area (Å²) in [5, 5.41) is 2.71. The minimum atomic E-state index is -0.420. The van der Waals surface area contributed by atoms with Gasteiger partial charge in [0.1, 0.15) is 0 Å². The molecule has 0 saturated heterocycles. The molecule has 4 fully saturated rings. The highest BCUT2D eigenvalue weighted by Crippen LogP contribution is 2.64. The van der Waals surface area contributed by atoms with Crippen LogP contribution >= 0.6 is 15.9 Å². The molecule has 0 aromatic heterocycles. The fraction of sp³-hybridized carbons (Fsp3) is 0.571. The van der Waals surface area contributed by atoms with E-state index in [0.29, 0.717) is 23.1 Å². The monoisotopic (exact) mass is 433 g/mol. The second kappa shape index (κ2) is 6.73. The van der Waals surface area contributed by atoms with Gasteiger partial charge in [0.05, 0.1) is 5.41 Å². The van der Waals surface area contributed by atoms with Crippen LogP contribution in [0.1, 0.15) is 55.8 Å². The highest BCUT2D eigenvalue weighted by molar-refractivity contribution is 9.10. The number of hydrogen-bond donors (Lipinski definition) is 1. The molecular formula is C21H24BrNO4. The van der Waals surface area contributed by atoms with E-state index < -0.39 is 5.41 Å². The molecule has 0 radical (unpaired) electrons. The molecule has 1 aromatic rings. The first-order valence-electron chi connectivity index (χ1n) is 9.54. The number of rotatable bonds is 5. The summed E-state index contributed by atoms with van der Waals surface area (Å²) in [6.45, 7) is 1.22. The van der Waals surface area contributed by atoms with Gasteiger partial charge in [-0.15, -0.1) is 0 Å². The number of halogens is 1. The van der Waals surface area contributed by atoms with E-state index in [9.17, 15) is 14.4 Å². The molecule has 5 rings (SSSR count). The molecule has 0 heterocycles. The van der Waals surface area contributed by atoms with Gasteiger partial charge in [-0.1, -0.05) is 15.9 Å². The van der Waals surface area contributed by atoms with E-state index in [-0.39, 0.29) is 28.6 Å². The predicted octanol–water partition coefficient (Wildman–Crippen LogP) is 4.10. The summed E-state index contributed by atoms with van der Waals surface area (Å²) < 4.78 is 5.52. The number of nitrogens with one attached hydrogen (secondary N) is 1. The standard InChI is InChI=1S/C21H24BrNO4/c1-13(24)16-2-4-17(5-3-16)23-18(25)11-27-19(26)20-7-14-6-15(8-20)10-21(22,9-14)12-20/h2-5,14-15H,6-12H2,1H3,(H,23,25)/t14-,15-,20?,21?/m1/s1. The van der Waals surface area contributed by atoms with Gasteiger partial charge in [0.15, 0.2) is 12.4 Å². The molecule has 1 amide bonds. The lowest BCUT2D eigenvalue weighted by Crippen LogP contribution is -2.56. The van der Waals surface area contributed by atoms with Crippen LogP contribution in [0.25, 0.3) is 0 Å². The minimum Gasteiger partial charge on any atom is -0.455 e. The Hall–Kier alpha value is -1.69. The maximum absolute atomic E-state index is 12.9. The number of Topliss-reactive ketones (excluding diaryl/α,β-unsaturated/α-hetero) is 1. The first-order valence-corrected chi connectivity index (χ1v) is 10.3. The molecule has 0 spiro atoms. The Morgan fingerprint density at radius 1 is 1.11 bits per heavy atom. The van der Waals surface area contributed by atoms with Gasteiger partial charge in [0.2, 0.25) is 0 Å². The van der Waals surface area contributed by atoms with Crippen molar-refractivity contribution < 1.29 is 19.1 Å². The van der Waals surface area contributed by atoms with Crippen molar-refractivity contribution in [1.82, 2.24) is 0 Å². The number of ether oxygens (including phenoxy) is 1. The van der Waals surface area contributed by atoms with Crippen LogP contribution in [0.4, 0.5) is 5.69 Å². The Morgan fingerprint density at radius 2 is 1.74 bits per heavy atom. The number of hydrogen-bond acceptors (Lipinski definition) is 4. The van der Waals surface area contributed by atoms with Gasteiger partial charge in [-0.25, -0.2) is 0 Å². The summed E-state index contributed by atoms with van der Waals surface area (Å²) in [6.07, 6.45) is 6.12. The van der Waals surface area contributed by atoms with Crippen molar-refractivity contribution in [1.29, 1.82) is 0 Å². The Balaban J connectivity index is 1.34. The second-order valence-electron chi connectivity index (χ2n) is 8.65. The molecule has 4 aliphatic rings. The van der Waals surface area contributed by atoms with Crippen molar-refractivity contribution in [2.24, 2.45) is 17.3 Å². The third-order valence-corrected chi connectivity index (χ3v) is 7.26. The maximum atomic E-state index is 12.9. The number of carbonyl (C=O) groups is 3. The van der Waals surface area contributed by atoms with Crippen molar-refractivity contribution in [3.8, 4) is 0 Å². The Labute approximate surface area is 167 Å². The van der Waals surface area contributed by atoms with Gasteiger partial charge in [-0.05, 0) is 81.5 Å². The zero-order valence-corrected chi connectivity index (χ0v) is 17.0. The zero-order valence-electron chi connectivity index (χ0n) is 15.4. The summed E-state index contributed by atoms with van der Waals surface area (Å²) >= 11 is 3.89. The van der Waals surface area contributed by atoms with Crippen LogP contribution in [0.15, 0.2) is 24.3 Å².